The van der Waals surface area contributed by atoms with Crippen LogP contribution in [0.1, 0.15) is 25.5 Å². The summed E-state index contributed by atoms with van der Waals surface area (Å²) in [6, 6.07) is 8.85. The van der Waals surface area contributed by atoms with Crippen LogP contribution in [0.15, 0.2) is 24.3 Å². The predicted octanol–water partition coefficient (Wildman–Crippen LogP) is 1.98. The highest BCUT2D eigenvalue weighted by Gasteiger charge is 2.19. The molecule has 21 heavy (non-hydrogen) atoms. The molecule has 0 radical (unpaired) electrons. The van der Waals surface area contributed by atoms with Crippen LogP contribution in [0, 0.1) is 0 Å². The zero-order valence-corrected chi connectivity index (χ0v) is 13.6. The first-order chi connectivity index (χ1) is 10.3. The Morgan fingerprint density at radius 1 is 1.05 bits per heavy atom. The molecule has 1 heterocycles. The maximum atomic E-state index is 5.25. The molecule has 0 aliphatic carbocycles. The fourth-order valence-electron chi connectivity index (χ4n) is 2.92. The van der Waals surface area contributed by atoms with Gasteiger partial charge >= 0.3 is 0 Å². The number of nitrogens with one attached hydrogen (secondary N) is 1. The van der Waals surface area contributed by atoms with Gasteiger partial charge in [0.25, 0.3) is 0 Å². The van der Waals surface area contributed by atoms with E-state index in [4.69, 9.17) is 4.74 Å². The quantitative estimate of drug-likeness (QED) is 0.831. The molecule has 2 rings (SSSR count). The van der Waals surface area contributed by atoms with Crippen LogP contribution in [-0.4, -0.2) is 62.7 Å². The fourth-order valence-corrected chi connectivity index (χ4v) is 2.92. The molecule has 0 amide bonds. The summed E-state index contributed by atoms with van der Waals surface area (Å²) in [4.78, 5) is 5.09. The van der Waals surface area contributed by atoms with Crippen molar-refractivity contribution in [2.45, 2.75) is 19.9 Å². The van der Waals surface area contributed by atoms with Crippen LogP contribution in [-0.2, 0) is 0 Å². The first-order valence-corrected chi connectivity index (χ1v) is 8.08. The second-order valence-electron chi connectivity index (χ2n) is 5.62. The first kappa shape index (κ1) is 16.3. The van der Waals surface area contributed by atoms with Gasteiger partial charge < -0.3 is 15.0 Å². The Morgan fingerprint density at radius 3 is 2.19 bits per heavy atom. The molecule has 1 saturated heterocycles. The lowest BCUT2D eigenvalue weighted by Crippen LogP contribution is -2.48. The Hall–Kier alpha value is -1.10. The van der Waals surface area contributed by atoms with E-state index in [1.54, 1.807) is 7.11 Å². The van der Waals surface area contributed by atoms with Crippen molar-refractivity contribution in [2.75, 3.05) is 52.9 Å². The van der Waals surface area contributed by atoms with E-state index in [2.05, 4.69) is 53.2 Å². The highest BCUT2D eigenvalue weighted by Crippen LogP contribution is 2.19. The summed E-state index contributed by atoms with van der Waals surface area (Å²) in [6.07, 6.45) is 0. The SMILES string of the molecule is CCNC(CN1CCN(CC)CC1)c1ccc(OC)cc1. The second-order valence-corrected chi connectivity index (χ2v) is 5.62. The third-order valence-corrected chi connectivity index (χ3v) is 4.32. The summed E-state index contributed by atoms with van der Waals surface area (Å²) in [5.41, 5.74) is 1.34. The second kappa shape index (κ2) is 8.37. The minimum atomic E-state index is 0.397. The predicted molar refractivity (Wildman–Crippen MR) is 88.0 cm³/mol. The summed E-state index contributed by atoms with van der Waals surface area (Å²) in [5.74, 6) is 0.922. The van der Waals surface area contributed by atoms with Crippen LogP contribution < -0.4 is 10.1 Å². The maximum absolute atomic E-state index is 5.25. The molecular formula is C17H29N3O. The minimum absolute atomic E-state index is 0.397. The van der Waals surface area contributed by atoms with Gasteiger partial charge in [-0.1, -0.05) is 26.0 Å². The van der Waals surface area contributed by atoms with Crippen LogP contribution in [0.25, 0.3) is 0 Å². The van der Waals surface area contributed by atoms with Gasteiger partial charge in [0.15, 0.2) is 0 Å². The van der Waals surface area contributed by atoms with Gasteiger partial charge in [0.2, 0.25) is 0 Å². The molecule has 1 unspecified atom stereocenters. The van der Waals surface area contributed by atoms with Gasteiger partial charge in [-0.05, 0) is 30.8 Å². The number of rotatable bonds is 7. The highest BCUT2D eigenvalue weighted by atomic mass is 16.5. The fraction of sp³-hybridized carbons (Fsp3) is 0.647. The molecule has 0 aromatic heterocycles. The summed E-state index contributed by atoms with van der Waals surface area (Å²) in [5, 5.41) is 3.61. The van der Waals surface area contributed by atoms with Gasteiger partial charge in [-0.25, -0.2) is 0 Å². The lowest BCUT2D eigenvalue weighted by atomic mass is 10.1. The van der Waals surface area contributed by atoms with Gasteiger partial charge in [0.05, 0.1) is 7.11 Å². The monoisotopic (exact) mass is 291 g/mol. The maximum Gasteiger partial charge on any atom is 0.118 e. The lowest BCUT2D eigenvalue weighted by molar-refractivity contribution is 0.127. The standard InChI is InChI=1S/C17H29N3O/c1-4-18-17(15-6-8-16(21-3)9-7-15)14-20-12-10-19(5-2)11-13-20/h6-9,17-18H,4-5,10-14H2,1-3H3. The summed E-state index contributed by atoms with van der Waals surface area (Å²) < 4.78 is 5.25. The number of likely N-dealkylation sites (N-methyl/N-ethyl adjacent to an activating group) is 2. The molecule has 1 atom stereocenters. The molecule has 4 heteroatoms. The Balaban J connectivity index is 1.95. The molecule has 1 N–H and O–H groups in total. The van der Waals surface area contributed by atoms with E-state index in [-0.39, 0.29) is 0 Å². The van der Waals surface area contributed by atoms with Gasteiger partial charge in [0, 0.05) is 38.8 Å². The molecule has 0 saturated carbocycles. The van der Waals surface area contributed by atoms with E-state index < -0.39 is 0 Å². The third kappa shape index (κ3) is 4.70. The normalized spacial score (nSPS) is 18.6. The Bertz CT molecular complexity index is 399. The van der Waals surface area contributed by atoms with Gasteiger partial charge in [-0.3, -0.25) is 4.90 Å². The highest BCUT2D eigenvalue weighted by molar-refractivity contribution is 5.29. The number of hydrogen-bond donors (Lipinski definition) is 1. The van der Waals surface area contributed by atoms with Crippen LogP contribution in [0.2, 0.25) is 0 Å². The zero-order valence-electron chi connectivity index (χ0n) is 13.6. The van der Waals surface area contributed by atoms with E-state index in [1.807, 2.05) is 0 Å². The summed E-state index contributed by atoms with van der Waals surface area (Å²) in [7, 11) is 1.71. The van der Waals surface area contributed by atoms with Crippen molar-refractivity contribution in [3.05, 3.63) is 29.8 Å². The average Bonchev–Trinajstić information content (AvgIpc) is 2.55. The third-order valence-electron chi connectivity index (χ3n) is 4.32. The molecule has 1 aromatic carbocycles. The molecule has 1 aliphatic heterocycles. The zero-order chi connectivity index (χ0) is 15.1. The number of benzene rings is 1. The molecule has 1 aromatic rings. The number of ether oxygens (including phenoxy) is 1. The van der Waals surface area contributed by atoms with Gasteiger partial charge in [-0.2, -0.15) is 0 Å². The van der Waals surface area contributed by atoms with Crippen LogP contribution in [0.5, 0.6) is 5.75 Å². The number of hydrogen-bond acceptors (Lipinski definition) is 4. The lowest BCUT2D eigenvalue weighted by Gasteiger charge is -2.36. The smallest absolute Gasteiger partial charge is 0.118 e. The molecule has 0 bridgehead atoms. The van der Waals surface area contributed by atoms with Crippen molar-refractivity contribution in [3.63, 3.8) is 0 Å². The van der Waals surface area contributed by atoms with Crippen molar-refractivity contribution in [3.8, 4) is 5.75 Å². The minimum Gasteiger partial charge on any atom is -0.497 e. The molecule has 4 nitrogen and oxygen atoms in total. The van der Waals surface area contributed by atoms with E-state index in [0.717, 1.165) is 18.8 Å². The number of methoxy groups -OCH3 is 1. The van der Waals surface area contributed by atoms with E-state index in [1.165, 1.54) is 38.3 Å². The Kier molecular flexibility index (Phi) is 6.49. The molecule has 118 valence electrons. The van der Waals surface area contributed by atoms with E-state index >= 15 is 0 Å². The molecule has 1 aliphatic rings. The van der Waals surface area contributed by atoms with Crippen molar-refractivity contribution in [1.82, 2.24) is 15.1 Å². The van der Waals surface area contributed by atoms with Crippen LogP contribution >= 0.6 is 0 Å². The van der Waals surface area contributed by atoms with Crippen molar-refractivity contribution in [1.29, 1.82) is 0 Å². The molecular weight excluding hydrogens is 262 g/mol. The van der Waals surface area contributed by atoms with Crippen LogP contribution in [0.3, 0.4) is 0 Å². The van der Waals surface area contributed by atoms with Crippen molar-refractivity contribution in [2.24, 2.45) is 0 Å². The van der Waals surface area contributed by atoms with Crippen LogP contribution in [0.4, 0.5) is 0 Å². The number of piperazine rings is 1. The largest absolute Gasteiger partial charge is 0.497 e. The summed E-state index contributed by atoms with van der Waals surface area (Å²) in [6.45, 7) is 12.4. The van der Waals surface area contributed by atoms with Crippen molar-refractivity contribution >= 4 is 0 Å². The first-order valence-electron chi connectivity index (χ1n) is 8.08. The van der Waals surface area contributed by atoms with Crippen molar-refractivity contribution < 1.29 is 4.74 Å². The average molecular weight is 291 g/mol. The summed E-state index contributed by atoms with van der Waals surface area (Å²) >= 11 is 0. The number of nitrogens with zero attached hydrogens (tertiary/aromatic N) is 2. The topological polar surface area (TPSA) is 27.7 Å². The van der Waals surface area contributed by atoms with Gasteiger partial charge in [-0.15, -0.1) is 0 Å². The molecule has 1 fully saturated rings. The van der Waals surface area contributed by atoms with E-state index in [0.29, 0.717) is 6.04 Å². The van der Waals surface area contributed by atoms with E-state index in [9.17, 15) is 0 Å². The molecule has 0 spiro atoms. The Morgan fingerprint density at radius 2 is 1.67 bits per heavy atom. The Labute approximate surface area is 129 Å². The van der Waals surface area contributed by atoms with Gasteiger partial charge in [0.1, 0.15) is 5.75 Å².